The first kappa shape index (κ1) is 19.4. The predicted octanol–water partition coefficient (Wildman–Crippen LogP) is 5.83. The van der Waals surface area contributed by atoms with Crippen LogP contribution in [0, 0.1) is 12.7 Å². The molecule has 0 aliphatic rings. The summed E-state index contributed by atoms with van der Waals surface area (Å²) in [6.45, 7) is 0.981. The fraction of sp³-hybridized carbons (Fsp3) is 0.115. The lowest BCUT2D eigenvalue weighted by Crippen LogP contribution is -2.30. The predicted molar refractivity (Wildman–Crippen MR) is 119 cm³/mol. The van der Waals surface area contributed by atoms with Crippen LogP contribution in [0.1, 0.15) is 16.7 Å². The number of hydrogen-bond acceptors (Lipinski definition) is 2. The average Bonchev–Trinajstić information content (AvgIpc) is 3.23. The monoisotopic (exact) mass is 414 g/mol. The maximum Gasteiger partial charge on any atom is 0.143 e. The van der Waals surface area contributed by atoms with Gasteiger partial charge in [-0.05, 0) is 53.8 Å². The van der Waals surface area contributed by atoms with E-state index in [1.807, 2.05) is 37.3 Å². The first-order valence-corrected chi connectivity index (χ1v) is 10.0. The minimum atomic E-state index is -1.91. The number of hydrogen-bond donors (Lipinski definition) is 1. The summed E-state index contributed by atoms with van der Waals surface area (Å²) in [4.78, 5) is 0. The van der Waals surface area contributed by atoms with Gasteiger partial charge in [0.2, 0.25) is 0 Å². The third-order valence-electron chi connectivity index (χ3n) is 5.83. The van der Waals surface area contributed by atoms with Gasteiger partial charge in [-0.15, -0.1) is 0 Å². The van der Waals surface area contributed by atoms with Gasteiger partial charge in [0, 0.05) is 10.8 Å². The number of benzene rings is 4. The van der Waals surface area contributed by atoms with Crippen LogP contribution in [-0.4, -0.2) is 21.6 Å². The van der Waals surface area contributed by atoms with Gasteiger partial charge >= 0.3 is 0 Å². The van der Waals surface area contributed by atoms with E-state index in [1.54, 1.807) is 47.3 Å². The SMILES string of the molecule is Cc1ccc(-n2ncc3cc(C(O)(CF)c4ccc(F)c5ccccc45)ccc32)cc1. The smallest absolute Gasteiger partial charge is 0.143 e. The molecule has 0 radical (unpaired) electrons. The standard InChI is InChI=1S/C26H20F2N2O/c1-17-6-9-20(10-7-17)30-25-13-8-19(14-18(25)15-29-30)26(31,16-27)23-11-12-24(28)22-5-3-2-4-21(22)23/h2-15,31H,16H2,1H3. The van der Waals surface area contributed by atoms with Gasteiger partial charge in [0.25, 0.3) is 0 Å². The van der Waals surface area contributed by atoms with Crippen LogP contribution in [-0.2, 0) is 5.60 Å². The Morgan fingerprint density at radius 1 is 0.935 bits per heavy atom. The van der Waals surface area contributed by atoms with E-state index in [4.69, 9.17) is 0 Å². The molecule has 1 N–H and O–H groups in total. The second kappa shape index (κ2) is 7.29. The van der Waals surface area contributed by atoms with Crippen LogP contribution in [0.25, 0.3) is 27.4 Å². The molecule has 0 saturated heterocycles. The molecule has 0 aliphatic heterocycles. The number of halogens is 2. The quantitative estimate of drug-likeness (QED) is 0.402. The largest absolute Gasteiger partial charge is 0.378 e. The number of aliphatic hydroxyl groups is 1. The first-order chi connectivity index (χ1) is 15.0. The Bertz CT molecular complexity index is 1410. The van der Waals surface area contributed by atoms with Crippen LogP contribution in [0.2, 0.25) is 0 Å². The van der Waals surface area contributed by atoms with Crippen LogP contribution in [0.5, 0.6) is 0 Å². The molecule has 5 rings (SSSR count). The molecule has 5 aromatic rings. The van der Waals surface area contributed by atoms with Gasteiger partial charge in [-0.1, -0.05) is 54.1 Å². The second-order valence-electron chi connectivity index (χ2n) is 7.80. The van der Waals surface area contributed by atoms with E-state index in [9.17, 15) is 13.9 Å². The van der Waals surface area contributed by atoms with Crippen LogP contribution in [0.3, 0.4) is 0 Å². The zero-order chi connectivity index (χ0) is 21.6. The Morgan fingerprint density at radius 3 is 2.42 bits per heavy atom. The summed E-state index contributed by atoms with van der Waals surface area (Å²) >= 11 is 0. The van der Waals surface area contributed by atoms with E-state index >= 15 is 0 Å². The van der Waals surface area contributed by atoms with E-state index in [-0.39, 0.29) is 0 Å². The lowest BCUT2D eigenvalue weighted by molar-refractivity contribution is 0.0533. The molecule has 0 fully saturated rings. The Morgan fingerprint density at radius 2 is 1.68 bits per heavy atom. The Kier molecular flexibility index (Phi) is 4.56. The highest BCUT2D eigenvalue weighted by Gasteiger charge is 2.34. The first-order valence-electron chi connectivity index (χ1n) is 10.0. The molecule has 0 amide bonds. The number of rotatable bonds is 4. The zero-order valence-corrected chi connectivity index (χ0v) is 16.9. The molecule has 5 heteroatoms. The zero-order valence-electron chi connectivity index (χ0n) is 16.9. The lowest BCUT2D eigenvalue weighted by atomic mass is 9.84. The Labute approximate surface area is 178 Å². The van der Waals surface area contributed by atoms with Crippen LogP contribution >= 0.6 is 0 Å². The molecule has 0 spiro atoms. The number of alkyl halides is 1. The van der Waals surface area contributed by atoms with E-state index in [0.717, 1.165) is 22.2 Å². The average molecular weight is 414 g/mol. The fourth-order valence-electron chi connectivity index (χ4n) is 4.11. The normalized spacial score (nSPS) is 13.5. The van der Waals surface area contributed by atoms with Crippen molar-refractivity contribution >= 4 is 21.7 Å². The van der Waals surface area contributed by atoms with Gasteiger partial charge in [-0.3, -0.25) is 0 Å². The molecule has 3 nitrogen and oxygen atoms in total. The Hall–Kier alpha value is -3.57. The van der Waals surface area contributed by atoms with Crippen molar-refractivity contribution in [1.29, 1.82) is 0 Å². The van der Waals surface area contributed by atoms with Crippen molar-refractivity contribution in [2.45, 2.75) is 12.5 Å². The van der Waals surface area contributed by atoms with Gasteiger partial charge < -0.3 is 5.11 Å². The van der Waals surface area contributed by atoms with E-state index in [0.29, 0.717) is 21.9 Å². The summed E-state index contributed by atoms with van der Waals surface area (Å²) in [6.07, 6.45) is 1.69. The molecule has 1 heterocycles. The number of nitrogens with zero attached hydrogens (tertiary/aromatic N) is 2. The Balaban J connectivity index is 1.66. The molecule has 1 atom stereocenters. The molecular weight excluding hydrogens is 394 g/mol. The molecule has 1 unspecified atom stereocenters. The maximum absolute atomic E-state index is 14.4. The summed E-state index contributed by atoms with van der Waals surface area (Å²) < 4.78 is 30.5. The van der Waals surface area contributed by atoms with Crippen molar-refractivity contribution in [3.63, 3.8) is 0 Å². The molecule has 0 saturated carbocycles. The van der Waals surface area contributed by atoms with Crippen molar-refractivity contribution in [3.05, 3.63) is 108 Å². The van der Waals surface area contributed by atoms with Crippen molar-refractivity contribution in [2.24, 2.45) is 0 Å². The number of aromatic nitrogens is 2. The molecule has 31 heavy (non-hydrogen) atoms. The molecular formula is C26H20F2N2O. The molecule has 0 aliphatic carbocycles. The second-order valence-corrected chi connectivity index (χ2v) is 7.80. The van der Waals surface area contributed by atoms with E-state index in [2.05, 4.69) is 5.10 Å². The summed E-state index contributed by atoms with van der Waals surface area (Å²) in [7, 11) is 0. The van der Waals surface area contributed by atoms with Crippen molar-refractivity contribution in [3.8, 4) is 5.69 Å². The summed E-state index contributed by atoms with van der Waals surface area (Å²) in [5, 5.41) is 17.5. The van der Waals surface area contributed by atoms with Gasteiger partial charge in [-0.2, -0.15) is 5.10 Å². The topological polar surface area (TPSA) is 38.0 Å². The van der Waals surface area contributed by atoms with Crippen LogP contribution < -0.4 is 0 Å². The highest BCUT2D eigenvalue weighted by Crippen LogP contribution is 2.37. The minimum absolute atomic E-state index is 0.331. The van der Waals surface area contributed by atoms with Crippen LogP contribution in [0.4, 0.5) is 8.78 Å². The molecule has 154 valence electrons. The van der Waals surface area contributed by atoms with Crippen LogP contribution in [0.15, 0.2) is 85.1 Å². The number of fused-ring (bicyclic) bond motifs is 2. The van der Waals surface area contributed by atoms with E-state index < -0.39 is 18.1 Å². The fourth-order valence-corrected chi connectivity index (χ4v) is 4.11. The molecule has 0 bridgehead atoms. The third-order valence-corrected chi connectivity index (χ3v) is 5.83. The minimum Gasteiger partial charge on any atom is -0.378 e. The number of aryl methyl sites for hydroxylation is 1. The summed E-state index contributed by atoms with van der Waals surface area (Å²) in [5.74, 6) is -0.407. The van der Waals surface area contributed by atoms with Crippen molar-refractivity contribution in [2.75, 3.05) is 6.67 Å². The van der Waals surface area contributed by atoms with Crippen molar-refractivity contribution in [1.82, 2.24) is 9.78 Å². The van der Waals surface area contributed by atoms with Gasteiger partial charge in [0.15, 0.2) is 0 Å². The maximum atomic E-state index is 14.4. The summed E-state index contributed by atoms with van der Waals surface area (Å²) in [5.41, 5.74) is 1.73. The highest BCUT2D eigenvalue weighted by atomic mass is 19.1. The molecule has 4 aromatic carbocycles. The van der Waals surface area contributed by atoms with Gasteiger partial charge in [-0.25, -0.2) is 13.5 Å². The molecule has 1 aromatic heterocycles. The van der Waals surface area contributed by atoms with E-state index in [1.165, 1.54) is 12.1 Å². The van der Waals surface area contributed by atoms with Crippen molar-refractivity contribution < 1.29 is 13.9 Å². The lowest BCUT2D eigenvalue weighted by Gasteiger charge is -2.28. The highest BCUT2D eigenvalue weighted by molar-refractivity contribution is 5.88. The van der Waals surface area contributed by atoms with Gasteiger partial charge in [0.05, 0.1) is 17.4 Å². The van der Waals surface area contributed by atoms with Gasteiger partial charge in [0.1, 0.15) is 18.1 Å². The summed E-state index contributed by atoms with van der Waals surface area (Å²) in [6, 6.07) is 22.8. The third kappa shape index (κ3) is 3.09.